The van der Waals surface area contributed by atoms with Crippen molar-refractivity contribution in [2.45, 2.75) is 315 Å². The zero-order chi connectivity index (χ0) is 59.3. The standard InChI is InChI=1S/C71H129N2O7P/c1-7-10-13-16-19-22-25-28-30-32-34-36-38-40-42-45-48-51-54-57-60-63-70(74)72-68(67-79-81(76,77)78-66-65-73(4,5)6)69(62-59-56-53-50-47-44-27-24-21-18-15-12-9-3)80-71(75)64-61-58-55-52-49-46-43-41-39-37-35-33-31-29-26-23-20-17-14-11-8-2/h11,14,20,23,29,31,35,37,41,43,49,52,59,62,68-69H,7-10,12-13,15-19,21-22,24-28,30,32-34,36,38-40,42,44-48,50-51,53-58,60-61,63-67H2,1-6H3,(H-,72,74,76,77)/p+1/b14-11-,23-20-,31-29-,37-35-,43-41-,52-49-,62-59+. The number of quaternary nitrogens is 1. The summed E-state index contributed by atoms with van der Waals surface area (Å²) < 4.78 is 30.8. The fourth-order valence-electron chi connectivity index (χ4n) is 9.65. The lowest BCUT2D eigenvalue weighted by Crippen LogP contribution is -2.47. The van der Waals surface area contributed by atoms with Crippen molar-refractivity contribution in [2.24, 2.45) is 0 Å². The molecule has 0 radical (unpaired) electrons. The van der Waals surface area contributed by atoms with Crippen molar-refractivity contribution in [3.63, 3.8) is 0 Å². The lowest BCUT2D eigenvalue weighted by atomic mass is 10.0. The maximum absolute atomic E-state index is 13.6. The van der Waals surface area contributed by atoms with E-state index in [2.05, 4.69) is 99.0 Å². The number of ether oxygens (including phenoxy) is 1. The lowest BCUT2D eigenvalue weighted by Gasteiger charge is -2.27. The van der Waals surface area contributed by atoms with Crippen molar-refractivity contribution in [3.05, 3.63) is 85.1 Å². The second-order valence-corrected chi connectivity index (χ2v) is 25.4. The van der Waals surface area contributed by atoms with Gasteiger partial charge in [0.05, 0.1) is 33.8 Å². The third kappa shape index (κ3) is 61.6. The summed E-state index contributed by atoms with van der Waals surface area (Å²) in [7, 11) is 1.47. The molecule has 10 heteroatoms. The Kier molecular flexibility index (Phi) is 58.2. The van der Waals surface area contributed by atoms with E-state index >= 15 is 0 Å². The SMILES string of the molecule is CC/C=C\C/C=C\C/C=C\C/C=C\C/C=C\C/C=C\CCCCC(=O)OC(/C=C/CCCCCCCCCCCCC)C(COP(=O)(O)OCC[N+](C)(C)C)NC(=O)CCCCCCCCCCCCCCCCCCCCCCC. The summed E-state index contributed by atoms with van der Waals surface area (Å²) in [5.74, 6) is -0.548. The number of carbonyl (C=O) groups is 2. The van der Waals surface area contributed by atoms with Gasteiger partial charge in [0, 0.05) is 12.8 Å². The van der Waals surface area contributed by atoms with Crippen LogP contribution in [-0.2, 0) is 27.9 Å². The van der Waals surface area contributed by atoms with E-state index in [-0.39, 0.29) is 31.5 Å². The molecule has 0 saturated heterocycles. The predicted octanol–water partition coefficient (Wildman–Crippen LogP) is 21.3. The van der Waals surface area contributed by atoms with E-state index in [1.165, 1.54) is 173 Å². The van der Waals surface area contributed by atoms with Crippen molar-refractivity contribution < 1.29 is 37.3 Å². The van der Waals surface area contributed by atoms with Crippen LogP contribution in [-0.4, -0.2) is 74.3 Å². The number of amides is 1. The molecule has 0 bridgehead atoms. The topological polar surface area (TPSA) is 111 Å². The molecular weight excluding hydrogens is 1020 g/mol. The fraction of sp³-hybridized carbons (Fsp3) is 0.775. The quantitative estimate of drug-likeness (QED) is 0.0205. The van der Waals surface area contributed by atoms with Gasteiger partial charge in [0.15, 0.2) is 0 Å². The third-order valence-corrected chi connectivity index (χ3v) is 15.8. The number of hydrogen-bond acceptors (Lipinski definition) is 6. The van der Waals surface area contributed by atoms with Gasteiger partial charge in [-0.3, -0.25) is 18.6 Å². The first-order chi connectivity index (χ1) is 39.4. The molecule has 0 aliphatic rings. The smallest absolute Gasteiger partial charge is 0.456 e. The first-order valence-corrected chi connectivity index (χ1v) is 35.4. The Labute approximate surface area is 501 Å². The van der Waals surface area contributed by atoms with E-state index in [1.807, 2.05) is 33.3 Å². The average Bonchev–Trinajstić information content (AvgIpc) is 3.44. The van der Waals surface area contributed by atoms with Crippen LogP contribution in [0.5, 0.6) is 0 Å². The lowest BCUT2D eigenvalue weighted by molar-refractivity contribution is -0.870. The highest BCUT2D eigenvalue weighted by Crippen LogP contribution is 2.43. The molecule has 1 amide bonds. The van der Waals surface area contributed by atoms with E-state index in [0.717, 1.165) is 89.9 Å². The van der Waals surface area contributed by atoms with Gasteiger partial charge >= 0.3 is 13.8 Å². The number of likely N-dealkylation sites (N-methyl/N-ethyl adjacent to an activating group) is 1. The van der Waals surface area contributed by atoms with Gasteiger partial charge in [-0.2, -0.15) is 0 Å². The van der Waals surface area contributed by atoms with Crippen molar-refractivity contribution in [1.29, 1.82) is 0 Å². The number of phosphoric ester groups is 1. The number of hydrogen-bond donors (Lipinski definition) is 2. The van der Waals surface area contributed by atoms with E-state index in [9.17, 15) is 19.0 Å². The van der Waals surface area contributed by atoms with Gasteiger partial charge in [-0.15, -0.1) is 0 Å². The number of allylic oxidation sites excluding steroid dienone is 13. The van der Waals surface area contributed by atoms with E-state index in [0.29, 0.717) is 23.9 Å². The molecule has 0 heterocycles. The Morgan fingerprint density at radius 3 is 1.20 bits per heavy atom. The summed E-state index contributed by atoms with van der Waals surface area (Å²) in [5, 5.41) is 3.06. The van der Waals surface area contributed by atoms with Gasteiger partial charge in [0.25, 0.3) is 0 Å². The van der Waals surface area contributed by atoms with Crippen LogP contribution < -0.4 is 5.32 Å². The van der Waals surface area contributed by atoms with Crippen LogP contribution in [0.15, 0.2) is 85.1 Å². The van der Waals surface area contributed by atoms with Crippen LogP contribution in [0.1, 0.15) is 303 Å². The monoisotopic (exact) mass is 1150 g/mol. The van der Waals surface area contributed by atoms with Gasteiger partial charge in [0.2, 0.25) is 5.91 Å². The molecule has 470 valence electrons. The molecule has 0 aliphatic heterocycles. The van der Waals surface area contributed by atoms with Crippen molar-refractivity contribution in [3.8, 4) is 0 Å². The van der Waals surface area contributed by atoms with Crippen LogP contribution in [0.4, 0.5) is 0 Å². The molecule has 0 aromatic rings. The predicted molar refractivity (Wildman–Crippen MR) is 351 cm³/mol. The maximum atomic E-state index is 13.6. The highest BCUT2D eigenvalue weighted by molar-refractivity contribution is 7.47. The Bertz CT molecular complexity index is 1660. The average molecular weight is 1150 g/mol. The van der Waals surface area contributed by atoms with Crippen molar-refractivity contribution >= 4 is 19.7 Å². The maximum Gasteiger partial charge on any atom is 0.472 e. The van der Waals surface area contributed by atoms with E-state index < -0.39 is 20.0 Å². The van der Waals surface area contributed by atoms with E-state index in [4.69, 9.17) is 13.8 Å². The first-order valence-electron chi connectivity index (χ1n) is 33.9. The molecule has 9 nitrogen and oxygen atoms in total. The van der Waals surface area contributed by atoms with Crippen molar-refractivity contribution in [2.75, 3.05) is 40.9 Å². The number of esters is 1. The number of rotatable bonds is 61. The van der Waals surface area contributed by atoms with Crippen molar-refractivity contribution in [1.82, 2.24) is 5.32 Å². The molecule has 0 aliphatic carbocycles. The molecule has 0 aromatic heterocycles. The molecule has 0 fully saturated rings. The largest absolute Gasteiger partial charge is 0.472 e. The second-order valence-electron chi connectivity index (χ2n) is 24.0. The molecule has 0 rings (SSSR count). The minimum Gasteiger partial charge on any atom is -0.456 e. The minimum atomic E-state index is -4.47. The van der Waals surface area contributed by atoms with Crippen LogP contribution >= 0.6 is 7.82 Å². The Morgan fingerprint density at radius 2 is 0.790 bits per heavy atom. The Morgan fingerprint density at radius 1 is 0.444 bits per heavy atom. The number of unbranched alkanes of at least 4 members (excludes halogenated alkanes) is 33. The van der Waals surface area contributed by atoms with Crippen LogP contribution in [0.2, 0.25) is 0 Å². The summed E-state index contributed by atoms with van der Waals surface area (Å²) >= 11 is 0. The van der Waals surface area contributed by atoms with Gasteiger partial charge in [-0.25, -0.2) is 4.57 Å². The first kappa shape index (κ1) is 78.2. The molecule has 0 spiro atoms. The molecule has 3 atom stereocenters. The Balaban J connectivity index is 5.25. The molecular formula is C71H130N2O7P+. The minimum absolute atomic E-state index is 0.0314. The molecule has 2 N–H and O–H groups in total. The number of nitrogens with zero attached hydrogens (tertiary/aromatic N) is 1. The van der Waals surface area contributed by atoms with Gasteiger partial charge in [0.1, 0.15) is 19.3 Å². The highest BCUT2D eigenvalue weighted by Gasteiger charge is 2.30. The summed E-state index contributed by atoms with van der Waals surface area (Å²) in [4.78, 5) is 37.8. The summed E-state index contributed by atoms with van der Waals surface area (Å²) in [6.07, 6.45) is 80.2. The number of carbonyl (C=O) groups excluding carboxylic acids is 2. The normalized spacial score (nSPS) is 14.1. The van der Waals surface area contributed by atoms with E-state index in [1.54, 1.807) is 0 Å². The van der Waals surface area contributed by atoms with Crippen LogP contribution in [0.25, 0.3) is 0 Å². The van der Waals surface area contributed by atoms with Gasteiger partial charge in [-0.05, 0) is 83.1 Å². The summed E-state index contributed by atoms with van der Waals surface area (Å²) in [5.41, 5.74) is 0. The van der Waals surface area contributed by atoms with Gasteiger partial charge < -0.3 is 19.4 Å². The summed E-state index contributed by atoms with van der Waals surface area (Å²) in [6, 6.07) is -0.869. The zero-order valence-electron chi connectivity index (χ0n) is 53.8. The number of phosphoric acid groups is 1. The van der Waals surface area contributed by atoms with Crippen LogP contribution in [0.3, 0.4) is 0 Å². The fourth-order valence-corrected chi connectivity index (χ4v) is 10.4. The molecule has 81 heavy (non-hydrogen) atoms. The Hall–Kier alpha value is -2.81. The zero-order valence-corrected chi connectivity index (χ0v) is 54.7. The van der Waals surface area contributed by atoms with Gasteiger partial charge in [-0.1, -0.05) is 292 Å². The molecule has 0 aromatic carbocycles. The highest BCUT2D eigenvalue weighted by atomic mass is 31.2. The molecule has 0 saturated carbocycles. The van der Waals surface area contributed by atoms with Crippen LogP contribution in [0, 0.1) is 0 Å². The second kappa shape index (κ2) is 60.3. The molecule has 3 unspecified atom stereocenters. The third-order valence-electron chi connectivity index (χ3n) is 14.8. The number of nitrogens with one attached hydrogen (secondary N) is 1. The summed E-state index contributed by atoms with van der Waals surface area (Å²) in [6.45, 7) is 6.90.